The average molecular weight is 398 g/mol. The second-order valence-corrected chi connectivity index (χ2v) is 7.65. The highest BCUT2D eigenvalue weighted by molar-refractivity contribution is 6.11. The number of hydrogen-bond donors (Lipinski definition) is 2. The number of rotatable bonds is 3. The summed E-state index contributed by atoms with van der Waals surface area (Å²) in [7, 11) is 0. The first-order valence-electron chi connectivity index (χ1n) is 10.3. The number of anilines is 2. The number of para-hydroxylation sites is 1. The summed E-state index contributed by atoms with van der Waals surface area (Å²) in [4.78, 5) is 34.8. The maximum absolute atomic E-state index is 12.9. The fourth-order valence-electron chi connectivity index (χ4n) is 4.20. The number of fused-ring (bicyclic) bond motifs is 2. The SMILES string of the molecule is O=C(Nc1ccc(N2CCCCC2)c2ccncc12)c1cc2ccccc2[nH]c1=O. The molecule has 1 fully saturated rings. The van der Waals surface area contributed by atoms with Gasteiger partial charge in [-0.15, -0.1) is 0 Å². The molecule has 0 radical (unpaired) electrons. The molecule has 0 atom stereocenters. The van der Waals surface area contributed by atoms with Crippen LogP contribution < -0.4 is 15.8 Å². The van der Waals surface area contributed by atoms with Gasteiger partial charge in [-0.25, -0.2) is 0 Å². The zero-order valence-electron chi connectivity index (χ0n) is 16.5. The van der Waals surface area contributed by atoms with E-state index in [1.807, 2.05) is 42.5 Å². The minimum absolute atomic E-state index is 0.0887. The summed E-state index contributed by atoms with van der Waals surface area (Å²) in [6.45, 7) is 2.07. The van der Waals surface area contributed by atoms with E-state index >= 15 is 0 Å². The smallest absolute Gasteiger partial charge is 0.261 e. The molecule has 3 heterocycles. The van der Waals surface area contributed by atoms with Crippen molar-refractivity contribution in [2.45, 2.75) is 19.3 Å². The third-order valence-corrected chi connectivity index (χ3v) is 5.74. The van der Waals surface area contributed by atoms with E-state index < -0.39 is 11.5 Å². The van der Waals surface area contributed by atoms with Crippen molar-refractivity contribution in [3.8, 4) is 0 Å². The number of carbonyl (C=O) groups excluding carboxylic acids is 1. The van der Waals surface area contributed by atoms with Crippen LogP contribution in [-0.4, -0.2) is 29.0 Å². The van der Waals surface area contributed by atoms with Gasteiger partial charge in [0.15, 0.2) is 0 Å². The quantitative estimate of drug-likeness (QED) is 0.539. The van der Waals surface area contributed by atoms with Crippen LogP contribution in [0.1, 0.15) is 29.6 Å². The summed E-state index contributed by atoms with van der Waals surface area (Å²) in [5, 5.41) is 5.65. The Kier molecular flexibility index (Phi) is 4.67. The van der Waals surface area contributed by atoms with E-state index in [1.54, 1.807) is 18.5 Å². The number of piperidine rings is 1. The van der Waals surface area contributed by atoms with Gasteiger partial charge in [0.1, 0.15) is 5.56 Å². The Labute approximate surface area is 173 Å². The third-order valence-electron chi connectivity index (χ3n) is 5.74. The summed E-state index contributed by atoms with van der Waals surface area (Å²) in [5.41, 5.74) is 2.20. The first kappa shape index (κ1) is 18.4. The number of benzene rings is 2. The van der Waals surface area contributed by atoms with Gasteiger partial charge in [0.05, 0.1) is 5.69 Å². The van der Waals surface area contributed by atoms with Crippen molar-refractivity contribution in [1.29, 1.82) is 0 Å². The number of pyridine rings is 2. The molecule has 1 saturated heterocycles. The molecule has 5 rings (SSSR count). The van der Waals surface area contributed by atoms with E-state index in [2.05, 4.69) is 20.2 Å². The van der Waals surface area contributed by atoms with Crippen LogP contribution in [0.2, 0.25) is 0 Å². The zero-order valence-corrected chi connectivity index (χ0v) is 16.5. The first-order valence-corrected chi connectivity index (χ1v) is 10.3. The van der Waals surface area contributed by atoms with Crippen LogP contribution in [0.4, 0.5) is 11.4 Å². The van der Waals surface area contributed by atoms with Crippen LogP contribution in [0.25, 0.3) is 21.7 Å². The number of amides is 1. The van der Waals surface area contributed by atoms with E-state index in [9.17, 15) is 9.59 Å². The maximum Gasteiger partial charge on any atom is 0.261 e. The largest absolute Gasteiger partial charge is 0.371 e. The molecule has 0 spiro atoms. The maximum atomic E-state index is 12.9. The van der Waals surface area contributed by atoms with Gasteiger partial charge in [0, 0.05) is 47.5 Å². The number of aromatic amines is 1. The highest BCUT2D eigenvalue weighted by Gasteiger charge is 2.17. The van der Waals surface area contributed by atoms with Crippen molar-refractivity contribution >= 4 is 39.0 Å². The Bertz CT molecular complexity index is 1310. The molecule has 6 nitrogen and oxygen atoms in total. The minimum Gasteiger partial charge on any atom is -0.371 e. The summed E-state index contributed by atoms with van der Waals surface area (Å²) in [6.07, 6.45) is 7.19. The van der Waals surface area contributed by atoms with Crippen LogP contribution in [0.3, 0.4) is 0 Å². The lowest BCUT2D eigenvalue weighted by Crippen LogP contribution is -2.29. The van der Waals surface area contributed by atoms with Gasteiger partial charge < -0.3 is 15.2 Å². The van der Waals surface area contributed by atoms with E-state index in [0.29, 0.717) is 11.2 Å². The number of aromatic nitrogens is 2. The van der Waals surface area contributed by atoms with Crippen LogP contribution in [0.5, 0.6) is 0 Å². The minimum atomic E-state index is -0.433. The third kappa shape index (κ3) is 3.30. The summed E-state index contributed by atoms with van der Waals surface area (Å²) < 4.78 is 0. The summed E-state index contributed by atoms with van der Waals surface area (Å²) >= 11 is 0. The normalized spacial score (nSPS) is 14.2. The lowest BCUT2D eigenvalue weighted by Gasteiger charge is -2.30. The monoisotopic (exact) mass is 398 g/mol. The van der Waals surface area contributed by atoms with Crippen molar-refractivity contribution in [2.24, 2.45) is 0 Å². The lowest BCUT2D eigenvalue weighted by molar-refractivity contribution is 0.102. The topological polar surface area (TPSA) is 78.1 Å². The van der Waals surface area contributed by atoms with Gasteiger partial charge in [0.2, 0.25) is 0 Å². The predicted octanol–water partition coefficient (Wildman–Crippen LogP) is 4.32. The molecule has 0 unspecified atom stereocenters. The van der Waals surface area contributed by atoms with Crippen LogP contribution in [0.15, 0.2) is 65.7 Å². The van der Waals surface area contributed by atoms with Crippen LogP contribution >= 0.6 is 0 Å². The van der Waals surface area contributed by atoms with E-state index in [4.69, 9.17) is 0 Å². The second kappa shape index (κ2) is 7.63. The highest BCUT2D eigenvalue weighted by Crippen LogP contribution is 2.33. The van der Waals surface area contributed by atoms with Gasteiger partial charge in [-0.05, 0) is 55.0 Å². The van der Waals surface area contributed by atoms with Crippen LogP contribution in [0, 0.1) is 0 Å². The molecule has 1 amide bonds. The predicted molar refractivity (Wildman–Crippen MR) is 120 cm³/mol. The van der Waals surface area contributed by atoms with E-state index in [-0.39, 0.29) is 5.56 Å². The lowest BCUT2D eigenvalue weighted by atomic mass is 10.0. The molecule has 4 aromatic rings. The Hall–Kier alpha value is -3.67. The molecule has 1 aliphatic heterocycles. The van der Waals surface area contributed by atoms with Crippen molar-refractivity contribution in [1.82, 2.24) is 9.97 Å². The number of carbonyl (C=O) groups is 1. The Morgan fingerprint density at radius 1 is 1.00 bits per heavy atom. The van der Waals surface area contributed by atoms with Crippen molar-refractivity contribution < 1.29 is 4.79 Å². The van der Waals surface area contributed by atoms with Crippen molar-refractivity contribution in [2.75, 3.05) is 23.3 Å². The molecule has 2 N–H and O–H groups in total. The number of hydrogen-bond acceptors (Lipinski definition) is 4. The van der Waals surface area contributed by atoms with Gasteiger partial charge in [-0.2, -0.15) is 0 Å². The first-order chi connectivity index (χ1) is 14.7. The Morgan fingerprint density at radius 3 is 2.70 bits per heavy atom. The molecule has 2 aromatic carbocycles. The Balaban J connectivity index is 1.52. The fraction of sp³-hybridized carbons (Fsp3) is 0.208. The molecule has 0 bridgehead atoms. The van der Waals surface area contributed by atoms with Gasteiger partial charge >= 0.3 is 0 Å². The molecule has 150 valence electrons. The molecule has 1 aliphatic rings. The molecular formula is C24H22N4O2. The summed E-state index contributed by atoms with van der Waals surface area (Å²) in [6, 6.07) is 15.0. The average Bonchev–Trinajstić information content (AvgIpc) is 2.79. The van der Waals surface area contributed by atoms with Gasteiger partial charge in [-0.1, -0.05) is 18.2 Å². The molecule has 6 heteroatoms. The van der Waals surface area contributed by atoms with E-state index in [1.165, 1.54) is 19.3 Å². The van der Waals surface area contributed by atoms with Crippen molar-refractivity contribution in [3.63, 3.8) is 0 Å². The van der Waals surface area contributed by atoms with Gasteiger partial charge in [-0.3, -0.25) is 14.6 Å². The standard InChI is InChI=1S/C24H22N4O2/c29-23-18(14-16-6-2-3-7-20(16)26-23)24(30)27-21-8-9-22(28-12-4-1-5-13-28)17-10-11-25-15-19(17)21/h2-3,6-11,14-15H,1,4-5,12-13H2,(H,26,29)(H,27,30). The molecule has 2 aromatic heterocycles. The molecule has 30 heavy (non-hydrogen) atoms. The second-order valence-electron chi connectivity index (χ2n) is 7.65. The highest BCUT2D eigenvalue weighted by atomic mass is 16.2. The number of H-pyrrole nitrogens is 1. The summed E-state index contributed by atoms with van der Waals surface area (Å²) in [5.74, 6) is -0.433. The molecule has 0 saturated carbocycles. The number of nitrogens with zero attached hydrogens (tertiary/aromatic N) is 2. The van der Waals surface area contributed by atoms with E-state index in [0.717, 1.165) is 34.9 Å². The molecular weight excluding hydrogens is 376 g/mol. The van der Waals surface area contributed by atoms with Crippen molar-refractivity contribution in [3.05, 3.63) is 76.8 Å². The van der Waals surface area contributed by atoms with Gasteiger partial charge in [0.25, 0.3) is 11.5 Å². The van der Waals surface area contributed by atoms with Crippen LogP contribution in [-0.2, 0) is 0 Å². The zero-order chi connectivity index (χ0) is 20.5. The number of nitrogens with one attached hydrogen (secondary N) is 2. The fourth-order valence-corrected chi connectivity index (χ4v) is 4.20. The molecule has 0 aliphatic carbocycles. The Morgan fingerprint density at radius 2 is 1.83 bits per heavy atom.